The topological polar surface area (TPSA) is 148 Å². The van der Waals surface area contributed by atoms with E-state index in [2.05, 4.69) is 30.6 Å². The number of carbonyl (C=O) groups is 2. The van der Waals surface area contributed by atoms with Crippen LogP contribution in [0.15, 0.2) is 36.7 Å². The molecular formula is C30H35F3N8O3. The zero-order valence-corrected chi connectivity index (χ0v) is 25.0. The number of nitrogen functional groups attached to an aromatic ring is 1. The van der Waals surface area contributed by atoms with Crippen molar-refractivity contribution >= 4 is 29.3 Å². The van der Waals surface area contributed by atoms with Crippen LogP contribution in [0.4, 0.5) is 35.3 Å². The summed E-state index contributed by atoms with van der Waals surface area (Å²) in [5.74, 6) is -0.712. The molecule has 0 unspecified atom stereocenters. The monoisotopic (exact) mass is 612 g/mol. The van der Waals surface area contributed by atoms with Gasteiger partial charge in [0.25, 0.3) is 5.91 Å². The van der Waals surface area contributed by atoms with Crippen molar-refractivity contribution in [3.63, 3.8) is 0 Å². The summed E-state index contributed by atoms with van der Waals surface area (Å²) in [5, 5.41) is 5.67. The third kappa shape index (κ3) is 7.17. The second-order valence-corrected chi connectivity index (χ2v) is 12.4. The molecule has 2 amide bonds. The molecule has 0 radical (unpaired) electrons. The molecule has 0 bridgehead atoms. The zero-order valence-electron chi connectivity index (χ0n) is 25.0. The predicted octanol–water partition coefficient (Wildman–Crippen LogP) is 5.55. The first-order valence-corrected chi connectivity index (χ1v) is 14.4. The van der Waals surface area contributed by atoms with Crippen molar-refractivity contribution in [2.75, 3.05) is 29.0 Å². The number of hydrogen-bond donors (Lipinski definition) is 3. The van der Waals surface area contributed by atoms with Crippen LogP contribution in [-0.2, 0) is 10.9 Å². The number of hydrogen-bond acceptors (Lipinski definition) is 9. The number of alkyl halides is 3. The van der Waals surface area contributed by atoms with Crippen molar-refractivity contribution in [1.82, 2.24) is 25.3 Å². The molecule has 1 aliphatic heterocycles. The van der Waals surface area contributed by atoms with Gasteiger partial charge in [-0.1, -0.05) is 0 Å². The number of nitrogens with zero attached hydrogens (tertiary/aromatic N) is 5. The van der Waals surface area contributed by atoms with E-state index in [9.17, 15) is 22.8 Å². The van der Waals surface area contributed by atoms with E-state index in [1.165, 1.54) is 12.3 Å². The minimum Gasteiger partial charge on any atom is -0.444 e. The van der Waals surface area contributed by atoms with Gasteiger partial charge in [-0.2, -0.15) is 13.2 Å². The molecule has 0 atom stereocenters. The normalized spacial score (nSPS) is 16.8. The van der Waals surface area contributed by atoms with E-state index < -0.39 is 40.6 Å². The van der Waals surface area contributed by atoms with E-state index in [0.29, 0.717) is 37.3 Å². The summed E-state index contributed by atoms with van der Waals surface area (Å²) < 4.78 is 47.0. The summed E-state index contributed by atoms with van der Waals surface area (Å²) in [7, 11) is 0. The SMILES string of the molecule is CC1(NC(=O)OC(C)(C)C)CCN(c2cccnc2NC(=O)c2nc(-c3nc(C4CC4)ccc3C(F)(F)F)cnc2N)CC1. The minimum atomic E-state index is -4.69. The van der Waals surface area contributed by atoms with Crippen molar-refractivity contribution in [3.05, 3.63) is 53.6 Å². The largest absolute Gasteiger partial charge is 0.444 e. The van der Waals surface area contributed by atoms with Crippen LogP contribution in [0, 0.1) is 0 Å². The highest BCUT2D eigenvalue weighted by atomic mass is 19.4. The second-order valence-electron chi connectivity index (χ2n) is 12.4. The van der Waals surface area contributed by atoms with Crippen LogP contribution in [-0.4, -0.2) is 56.2 Å². The van der Waals surface area contributed by atoms with Gasteiger partial charge in [0, 0.05) is 36.4 Å². The maximum atomic E-state index is 13.9. The van der Waals surface area contributed by atoms with E-state index in [1.807, 2.05) is 11.8 Å². The van der Waals surface area contributed by atoms with Crippen molar-refractivity contribution in [2.24, 2.45) is 0 Å². The van der Waals surface area contributed by atoms with Crippen LogP contribution in [0.2, 0.25) is 0 Å². The Bertz CT molecular complexity index is 1560. The Morgan fingerprint density at radius 3 is 2.41 bits per heavy atom. The quantitative estimate of drug-likeness (QED) is 0.326. The van der Waals surface area contributed by atoms with Crippen molar-refractivity contribution in [1.29, 1.82) is 0 Å². The Kier molecular flexibility index (Phi) is 8.12. The molecule has 3 aromatic rings. The van der Waals surface area contributed by atoms with Gasteiger partial charge in [0.05, 0.1) is 17.4 Å². The van der Waals surface area contributed by atoms with Gasteiger partial charge in [0.15, 0.2) is 17.3 Å². The molecule has 5 rings (SSSR count). The molecule has 0 aromatic carbocycles. The molecule has 0 spiro atoms. The molecule has 1 aliphatic carbocycles. The highest BCUT2D eigenvalue weighted by Crippen LogP contribution is 2.42. The summed E-state index contributed by atoms with van der Waals surface area (Å²) in [4.78, 5) is 44.5. The summed E-state index contributed by atoms with van der Waals surface area (Å²) in [6.07, 6.45) is 0.316. The standard InChI is InChI=1S/C30H35F3N8O3/c1-28(2,3)44-27(43)40-29(4)11-14-41(15-12-29)21-6-5-13-35-25(21)39-26(42)23-24(34)36-16-20(38-23)22-18(30(31,32)33)9-10-19(37-22)17-7-8-17/h5-6,9-10,13,16-17H,7-8,11-12,14-15H2,1-4H3,(H2,34,36)(H,40,43)(H,35,39,42). The second kappa shape index (κ2) is 11.5. The number of aromatic nitrogens is 4. The summed E-state index contributed by atoms with van der Waals surface area (Å²) in [5.41, 5.74) is 4.08. The molecule has 11 nitrogen and oxygen atoms in total. The molecule has 4 heterocycles. The Labute approximate surface area is 252 Å². The average Bonchev–Trinajstić information content (AvgIpc) is 3.78. The molecule has 44 heavy (non-hydrogen) atoms. The van der Waals surface area contributed by atoms with Crippen LogP contribution in [0.1, 0.15) is 81.0 Å². The lowest BCUT2D eigenvalue weighted by atomic mass is 9.89. The Hall–Kier alpha value is -4.49. The molecule has 1 saturated heterocycles. The zero-order chi connectivity index (χ0) is 31.9. The van der Waals surface area contributed by atoms with E-state index >= 15 is 0 Å². The summed E-state index contributed by atoms with van der Waals surface area (Å²) >= 11 is 0. The fourth-order valence-electron chi connectivity index (χ4n) is 5.02. The third-order valence-electron chi connectivity index (χ3n) is 7.51. The van der Waals surface area contributed by atoms with Crippen LogP contribution in [0.25, 0.3) is 11.4 Å². The number of amides is 2. The van der Waals surface area contributed by atoms with Crippen molar-refractivity contribution in [2.45, 2.75) is 76.6 Å². The lowest BCUT2D eigenvalue weighted by Crippen LogP contribution is -2.54. The van der Waals surface area contributed by atoms with E-state index in [1.54, 1.807) is 32.9 Å². The fourth-order valence-corrected chi connectivity index (χ4v) is 5.02. The first-order valence-electron chi connectivity index (χ1n) is 14.4. The predicted molar refractivity (Wildman–Crippen MR) is 158 cm³/mol. The number of nitrogens with two attached hydrogens (primary N) is 1. The maximum Gasteiger partial charge on any atom is 0.418 e. The van der Waals surface area contributed by atoms with Gasteiger partial charge in [-0.3, -0.25) is 9.78 Å². The molecule has 4 N–H and O–H groups in total. The van der Waals surface area contributed by atoms with Crippen LogP contribution in [0.5, 0.6) is 0 Å². The number of piperidine rings is 1. The number of anilines is 3. The summed E-state index contributed by atoms with van der Waals surface area (Å²) in [6, 6.07) is 5.88. The van der Waals surface area contributed by atoms with Gasteiger partial charge in [0.2, 0.25) is 0 Å². The minimum absolute atomic E-state index is 0.101. The first kappa shape index (κ1) is 31.0. The number of nitrogens with one attached hydrogen (secondary N) is 2. The Morgan fingerprint density at radius 2 is 1.77 bits per heavy atom. The number of alkyl carbamates (subject to hydrolysis) is 1. The van der Waals surface area contributed by atoms with Crippen LogP contribution in [0.3, 0.4) is 0 Å². The number of rotatable bonds is 6. The number of carbonyl (C=O) groups excluding carboxylic acids is 2. The van der Waals surface area contributed by atoms with Gasteiger partial charge in [-0.25, -0.2) is 19.7 Å². The summed E-state index contributed by atoms with van der Waals surface area (Å²) in [6.45, 7) is 8.44. The lowest BCUT2D eigenvalue weighted by Gasteiger charge is -2.41. The van der Waals surface area contributed by atoms with Gasteiger partial charge in [-0.05, 0) is 77.6 Å². The first-order chi connectivity index (χ1) is 20.6. The number of halogens is 3. The van der Waals surface area contributed by atoms with Crippen LogP contribution >= 0.6 is 0 Å². The van der Waals surface area contributed by atoms with Crippen molar-refractivity contribution < 1.29 is 27.5 Å². The van der Waals surface area contributed by atoms with E-state index in [0.717, 1.165) is 25.1 Å². The van der Waals surface area contributed by atoms with Crippen LogP contribution < -0.4 is 21.3 Å². The molecule has 2 fully saturated rings. The molecule has 14 heteroatoms. The maximum absolute atomic E-state index is 13.9. The Balaban J connectivity index is 1.34. The molecular weight excluding hydrogens is 577 g/mol. The van der Waals surface area contributed by atoms with E-state index in [-0.39, 0.29) is 28.9 Å². The smallest absolute Gasteiger partial charge is 0.418 e. The highest BCUT2D eigenvalue weighted by molar-refractivity contribution is 6.06. The molecule has 3 aromatic heterocycles. The molecule has 2 aliphatic rings. The number of pyridine rings is 2. The third-order valence-corrected chi connectivity index (χ3v) is 7.51. The van der Waals surface area contributed by atoms with Gasteiger partial charge in [0.1, 0.15) is 17.0 Å². The van der Waals surface area contributed by atoms with E-state index in [4.69, 9.17) is 10.5 Å². The Morgan fingerprint density at radius 1 is 1.07 bits per heavy atom. The highest BCUT2D eigenvalue weighted by Gasteiger charge is 2.37. The van der Waals surface area contributed by atoms with Gasteiger partial charge < -0.3 is 26.0 Å². The average molecular weight is 613 g/mol. The van der Waals surface area contributed by atoms with Crippen molar-refractivity contribution in [3.8, 4) is 11.4 Å². The van der Waals surface area contributed by atoms with Gasteiger partial charge in [-0.15, -0.1) is 0 Å². The lowest BCUT2D eigenvalue weighted by molar-refractivity contribution is -0.137. The molecule has 1 saturated carbocycles. The molecule has 234 valence electrons. The number of ether oxygens (including phenoxy) is 1. The fraction of sp³-hybridized carbons (Fsp3) is 0.467. The van der Waals surface area contributed by atoms with Gasteiger partial charge >= 0.3 is 12.3 Å².